The lowest BCUT2D eigenvalue weighted by atomic mass is 10.2. The molecule has 1 unspecified atom stereocenters. The fraction of sp³-hybridized carbons (Fsp3) is 1.00. The Morgan fingerprint density at radius 3 is 2.58 bits per heavy atom. The zero-order valence-electron chi connectivity index (χ0n) is 6.62. The van der Waals surface area contributed by atoms with Crippen molar-refractivity contribution in [3.8, 4) is 0 Å². The van der Waals surface area contributed by atoms with Gasteiger partial charge in [0.25, 0.3) is 0 Å². The van der Waals surface area contributed by atoms with Crippen LogP contribution in [0.25, 0.3) is 0 Å². The predicted molar refractivity (Wildman–Crippen MR) is 47.8 cm³/mol. The van der Waals surface area contributed by atoms with E-state index < -0.39 is 15.5 Å². The third kappa shape index (κ3) is 3.69. The van der Waals surface area contributed by atoms with Crippen LogP contribution < -0.4 is 5.32 Å². The summed E-state index contributed by atoms with van der Waals surface area (Å²) >= 11 is 0. The second-order valence-corrected chi connectivity index (χ2v) is 4.42. The van der Waals surface area contributed by atoms with Crippen molar-refractivity contribution in [2.45, 2.75) is 24.5 Å². The van der Waals surface area contributed by atoms with Crippen molar-refractivity contribution >= 4 is 22.6 Å². The van der Waals surface area contributed by atoms with Crippen molar-refractivity contribution in [2.24, 2.45) is 0 Å². The first-order valence-corrected chi connectivity index (χ1v) is 5.19. The fourth-order valence-corrected chi connectivity index (χ4v) is 1.99. The van der Waals surface area contributed by atoms with Crippen LogP contribution in [0.1, 0.15) is 19.3 Å². The maximum atomic E-state index is 12.4. The van der Waals surface area contributed by atoms with Crippen LogP contribution in [-0.2, 0) is 10.2 Å². The summed E-state index contributed by atoms with van der Waals surface area (Å²) in [5.74, 6) is 0. The molecule has 0 bridgehead atoms. The maximum absolute atomic E-state index is 12.4. The summed E-state index contributed by atoms with van der Waals surface area (Å²) in [5.41, 5.74) is 0. The van der Waals surface area contributed by atoms with Gasteiger partial charge in [0.2, 0.25) is 0 Å². The third-order valence-electron chi connectivity index (χ3n) is 1.90. The van der Waals surface area contributed by atoms with Gasteiger partial charge in [-0.3, -0.25) is 0 Å². The summed E-state index contributed by atoms with van der Waals surface area (Å²) in [6, 6.07) is 0. The molecular weight excluding hydrogens is 205 g/mol. The monoisotopic (exact) mass is 217 g/mol. The number of rotatable bonds is 1. The quantitative estimate of drug-likeness (QED) is 0.663. The Morgan fingerprint density at radius 2 is 2.00 bits per heavy atom. The van der Waals surface area contributed by atoms with Gasteiger partial charge in [-0.1, -0.05) is 6.42 Å². The van der Waals surface area contributed by atoms with Crippen molar-refractivity contribution in [3.63, 3.8) is 0 Å². The van der Waals surface area contributed by atoms with E-state index in [1.165, 1.54) is 0 Å². The second-order valence-electron chi connectivity index (χ2n) is 2.80. The van der Waals surface area contributed by atoms with Gasteiger partial charge in [-0.2, -0.15) is 8.42 Å². The molecule has 0 aromatic carbocycles. The van der Waals surface area contributed by atoms with Crippen molar-refractivity contribution in [3.05, 3.63) is 0 Å². The van der Waals surface area contributed by atoms with Gasteiger partial charge in [-0.05, 0) is 19.4 Å². The summed E-state index contributed by atoms with van der Waals surface area (Å²) in [4.78, 5) is 0. The number of halogens is 2. The molecule has 0 aliphatic carbocycles. The summed E-state index contributed by atoms with van der Waals surface area (Å²) < 4.78 is 33.3. The molecule has 0 aromatic heterocycles. The van der Waals surface area contributed by atoms with E-state index in [4.69, 9.17) is 0 Å². The molecule has 1 rings (SSSR count). The van der Waals surface area contributed by atoms with E-state index in [2.05, 4.69) is 5.32 Å². The van der Waals surface area contributed by atoms with Gasteiger partial charge in [0.1, 0.15) is 5.25 Å². The molecule has 1 saturated heterocycles. The van der Waals surface area contributed by atoms with Crippen LogP contribution >= 0.6 is 12.4 Å². The first-order chi connectivity index (χ1) is 5.11. The number of nitrogens with one attached hydrogen (secondary N) is 1. The molecule has 1 aliphatic heterocycles. The highest BCUT2D eigenvalue weighted by Gasteiger charge is 2.25. The lowest BCUT2D eigenvalue weighted by molar-refractivity contribution is 0.523. The van der Waals surface area contributed by atoms with Crippen LogP contribution in [-0.4, -0.2) is 26.8 Å². The van der Waals surface area contributed by atoms with Crippen LogP contribution in [0.15, 0.2) is 0 Å². The minimum atomic E-state index is -4.31. The van der Waals surface area contributed by atoms with Crippen molar-refractivity contribution in [1.29, 1.82) is 0 Å². The largest absolute Gasteiger partial charge is 0.315 e. The van der Waals surface area contributed by atoms with E-state index in [-0.39, 0.29) is 19.0 Å². The molecule has 1 N–H and O–H groups in total. The highest BCUT2D eigenvalue weighted by molar-refractivity contribution is 7.87. The van der Waals surface area contributed by atoms with Gasteiger partial charge >= 0.3 is 10.2 Å². The Bertz CT molecular complexity index is 212. The molecule has 1 atom stereocenters. The zero-order chi connectivity index (χ0) is 8.32. The lowest BCUT2D eigenvalue weighted by Crippen LogP contribution is -2.29. The van der Waals surface area contributed by atoms with Crippen LogP contribution in [0.2, 0.25) is 0 Å². The van der Waals surface area contributed by atoms with Crippen LogP contribution in [0, 0.1) is 0 Å². The van der Waals surface area contributed by atoms with Crippen LogP contribution in [0.3, 0.4) is 0 Å². The lowest BCUT2D eigenvalue weighted by Gasteiger charge is -2.07. The van der Waals surface area contributed by atoms with E-state index in [0.717, 1.165) is 19.4 Å². The SMILES string of the molecule is Cl.O=S(=O)(F)C1CCCCNC1. The molecule has 0 amide bonds. The number of hydrogen-bond acceptors (Lipinski definition) is 3. The molecule has 74 valence electrons. The van der Waals surface area contributed by atoms with E-state index in [9.17, 15) is 12.3 Å². The summed E-state index contributed by atoms with van der Waals surface area (Å²) in [7, 11) is -4.31. The molecular formula is C6H13ClFNO2S. The Labute approximate surface area is 78.3 Å². The molecule has 1 aliphatic rings. The van der Waals surface area contributed by atoms with Crippen molar-refractivity contribution in [2.75, 3.05) is 13.1 Å². The van der Waals surface area contributed by atoms with Gasteiger partial charge in [-0.25, -0.2) is 0 Å². The number of hydrogen-bond donors (Lipinski definition) is 1. The Hall–Kier alpha value is 0.130. The molecule has 3 nitrogen and oxygen atoms in total. The van der Waals surface area contributed by atoms with E-state index in [0.29, 0.717) is 6.42 Å². The summed E-state index contributed by atoms with van der Waals surface area (Å²) in [5, 5.41) is 2.07. The molecule has 0 radical (unpaired) electrons. The molecule has 1 heterocycles. The minimum Gasteiger partial charge on any atom is -0.315 e. The predicted octanol–water partition coefficient (Wildman–Crippen LogP) is 0.850. The molecule has 12 heavy (non-hydrogen) atoms. The molecule has 0 spiro atoms. The van der Waals surface area contributed by atoms with Gasteiger partial charge < -0.3 is 5.32 Å². The summed E-state index contributed by atoms with van der Waals surface area (Å²) in [6.45, 7) is 1.06. The Kier molecular flexibility index (Phi) is 5.04. The minimum absolute atomic E-state index is 0. The van der Waals surface area contributed by atoms with Gasteiger partial charge in [0.05, 0.1) is 0 Å². The normalized spacial score (nSPS) is 25.6. The molecule has 0 aromatic rings. The topological polar surface area (TPSA) is 46.2 Å². The van der Waals surface area contributed by atoms with Crippen molar-refractivity contribution in [1.82, 2.24) is 5.32 Å². The average molecular weight is 218 g/mol. The van der Waals surface area contributed by atoms with Crippen LogP contribution in [0.4, 0.5) is 3.89 Å². The smallest absolute Gasteiger partial charge is 0.306 e. The maximum Gasteiger partial charge on any atom is 0.306 e. The zero-order valence-corrected chi connectivity index (χ0v) is 8.26. The third-order valence-corrected chi connectivity index (χ3v) is 3.10. The van der Waals surface area contributed by atoms with Gasteiger partial charge in [0, 0.05) is 6.54 Å². The van der Waals surface area contributed by atoms with Gasteiger partial charge in [0.15, 0.2) is 0 Å². The second kappa shape index (κ2) is 4.99. The Morgan fingerprint density at radius 1 is 1.33 bits per heavy atom. The standard InChI is InChI=1S/C6H12FNO2S.ClH/c7-11(9,10)6-3-1-2-4-8-5-6;/h6,8H,1-5H2;1H. The van der Waals surface area contributed by atoms with Crippen molar-refractivity contribution < 1.29 is 12.3 Å². The Balaban J connectivity index is 0.00000121. The first-order valence-electron chi connectivity index (χ1n) is 3.75. The molecule has 6 heteroatoms. The highest BCUT2D eigenvalue weighted by Crippen LogP contribution is 2.13. The molecule has 1 fully saturated rings. The average Bonchev–Trinajstić information content (AvgIpc) is 2.10. The highest BCUT2D eigenvalue weighted by atomic mass is 35.5. The summed E-state index contributed by atoms with van der Waals surface area (Å²) in [6.07, 6.45) is 2.18. The van der Waals surface area contributed by atoms with Crippen LogP contribution in [0.5, 0.6) is 0 Å². The van der Waals surface area contributed by atoms with E-state index in [1.54, 1.807) is 0 Å². The van der Waals surface area contributed by atoms with E-state index >= 15 is 0 Å². The van der Waals surface area contributed by atoms with Gasteiger partial charge in [-0.15, -0.1) is 16.3 Å². The molecule has 0 saturated carbocycles. The van der Waals surface area contributed by atoms with E-state index in [1.807, 2.05) is 0 Å². The first kappa shape index (κ1) is 12.1. The fourth-order valence-electron chi connectivity index (χ4n) is 1.23.